The van der Waals surface area contributed by atoms with Gasteiger partial charge in [0, 0.05) is 13.2 Å². The Morgan fingerprint density at radius 3 is 2.94 bits per heavy atom. The monoisotopic (exact) mass is 269 g/mol. The van der Waals surface area contributed by atoms with Crippen molar-refractivity contribution in [2.75, 3.05) is 18.9 Å². The van der Waals surface area contributed by atoms with Gasteiger partial charge in [0.25, 0.3) is 5.91 Å². The van der Waals surface area contributed by atoms with Crippen LogP contribution in [0.4, 0.5) is 5.69 Å². The molecule has 0 spiro atoms. The number of nitrogens with zero attached hydrogens (tertiary/aromatic N) is 1. The molecule has 5 nitrogen and oxygen atoms in total. The molecule has 1 aliphatic carbocycles. The second kappa shape index (κ2) is 5.12. The van der Waals surface area contributed by atoms with Crippen molar-refractivity contribution in [2.24, 2.45) is 5.41 Å². The van der Waals surface area contributed by atoms with E-state index in [9.17, 15) is 4.79 Å². The number of halogens is 1. The van der Waals surface area contributed by atoms with Gasteiger partial charge in [0.15, 0.2) is 0 Å². The number of nitrogens with two attached hydrogens (primary N) is 1. The summed E-state index contributed by atoms with van der Waals surface area (Å²) in [6, 6.07) is 1.46. The second-order valence-electron chi connectivity index (χ2n) is 4.75. The SMILES string of the molecule is Nc1cnc(Cl)cc1C(=O)NCC1(CCO)CC1. The Balaban J connectivity index is 1.98. The van der Waals surface area contributed by atoms with Crippen LogP contribution in [0.15, 0.2) is 12.3 Å². The fraction of sp³-hybridized carbons (Fsp3) is 0.500. The molecule has 1 aromatic heterocycles. The highest BCUT2D eigenvalue weighted by molar-refractivity contribution is 6.29. The summed E-state index contributed by atoms with van der Waals surface area (Å²) in [5.41, 5.74) is 6.41. The molecule has 1 aliphatic rings. The summed E-state index contributed by atoms with van der Waals surface area (Å²) in [5.74, 6) is -0.249. The molecular formula is C12H16ClN3O2. The topological polar surface area (TPSA) is 88.2 Å². The third kappa shape index (κ3) is 2.91. The van der Waals surface area contributed by atoms with Crippen LogP contribution >= 0.6 is 11.6 Å². The standard InChI is InChI=1S/C12H16ClN3O2/c13-10-5-8(9(14)6-15-10)11(18)16-7-12(1-2-12)3-4-17/h5-6,17H,1-4,7,14H2,(H,16,18). The predicted molar refractivity (Wildman–Crippen MR) is 69.4 cm³/mol. The van der Waals surface area contributed by atoms with Gasteiger partial charge in [-0.3, -0.25) is 4.79 Å². The molecule has 0 radical (unpaired) electrons. The van der Waals surface area contributed by atoms with Gasteiger partial charge < -0.3 is 16.2 Å². The van der Waals surface area contributed by atoms with Crippen molar-refractivity contribution in [3.05, 3.63) is 23.0 Å². The van der Waals surface area contributed by atoms with E-state index in [0.29, 0.717) is 17.8 Å². The Kier molecular flexibility index (Phi) is 3.73. The molecule has 0 bridgehead atoms. The lowest BCUT2D eigenvalue weighted by atomic mass is 10.0. The minimum absolute atomic E-state index is 0.0794. The average molecular weight is 270 g/mol. The fourth-order valence-electron chi connectivity index (χ4n) is 1.93. The van der Waals surface area contributed by atoms with Crippen molar-refractivity contribution in [1.82, 2.24) is 10.3 Å². The normalized spacial score (nSPS) is 16.3. The van der Waals surface area contributed by atoms with Crippen molar-refractivity contribution >= 4 is 23.2 Å². The summed E-state index contributed by atoms with van der Waals surface area (Å²) in [6.07, 6.45) is 4.18. The van der Waals surface area contributed by atoms with Gasteiger partial charge in [-0.05, 0) is 30.7 Å². The van der Waals surface area contributed by atoms with Crippen molar-refractivity contribution in [1.29, 1.82) is 0 Å². The molecule has 0 atom stereocenters. The Hall–Kier alpha value is -1.33. The van der Waals surface area contributed by atoms with E-state index >= 15 is 0 Å². The molecular weight excluding hydrogens is 254 g/mol. The number of nitrogens with one attached hydrogen (secondary N) is 1. The maximum absolute atomic E-state index is 12.0. The van der Waals surface area contributed by atoms with Gasteiger partial charge in [0.2, 0.25) is 0 Å². The molecule has 6 heteroatoms. The summed E-state index contributed by atoms with van der Waals surface area (Å²) in [4.78, 5) is 15.8. The summed E-state index contributed by atoms with van der Waals surface area (Å²) in [7, 11) is 0. The number of hydrogen-bond donors (Lipinski definition) is 3. The largest absolute Gasteiger partial charge is 0.397 e. The fourth-order valence-corrected chi connectivity index (χ4v) is 2.09. The maximum Gasteiger partial charge on any atom is 0.253 e. The van der Waals surface area contributed by atoms with Gasteiger partial charge in [-0.2, -0.15) is 0 Å². The maximum atomic E-state index is 12.0. The minimum Gasteiger partial charge on any atom is -0.397 e. The molecule has 18 heavy (non-hydrogen) atoms. The highest BCUT2D eigenvalue weighted by Crippen LogP contribution is 2.47. The molecule has 1 amide bonds. The van der Waals surface area contributed by atoms with Crippen LogP contribution in [0, 0.1) is 5.41 Å². The number of rotatable bonds is 5. The van der Waals surface area contributed by atoms with Crippen LogP contribution in [-0.2, 0) is 0 Å². The van der Waals surface area contributed by atoms with E-state index in [1.807, 2.05) is 0 Å². The Bertz CT molecular complexity index is 461. The van der Waals surface area contributed by atoms with Crippen LogP contribution < -0.4 is 11.1 Å². The molecule has 0 unspecified atom stereocenters. The van der Waals surface area contributed by atoms with Crippen molar-refractivity contribution < 1.29 is 9.90 Å². The zero-order chi connectivity index (χ0) is 13.2. The molecule has 1 saturated carbocycles. The minimum atomic E-state index is -0.249. The second-order valence-corrected chi connectivity index (χ2v) is 5.14. The lowest BCUT2D eigenvalue weighted by Gasteiger charge is -2.15. The van der Waals surface area contributed by atoms with Crippen LogP contribution in [0.3, 0.4) is 0 Å². The number of amides is 1. The first-order valence-corrected chi connectivity index (χ1v) is 6.24. The van der Waals surface area contributed by atoms with Crippen molar-refractivity contribution in [2.45, 2.75) is 19.3 Å². The molecule has 0 aromatic carbocycles. The zero-order valence-electron chi connectivity index (χ0n) is 9.95. The van der Waals surface area contributed by atoms with Crippen molar-refractivity contribution in [3.63, 3.8) is 0 Å². The zero-order valence-corrected chi connectivity index (χ0v) is 10.7. The summed E-state index contributed by atoms with van der Waals surface area (Å²) in [5, 5.41) is 12.0. The number of aliphatic hydroxyl groups excluding tert-OH is 1. The van der Waals surface area contributed by atoms with E-state index in [4.69, 9.17) is 22.4 Å². The van der Waals surface area contributed by atoms with Gasteiger partial charge in [0.05, 0.1) is 17.4 Å². The number of anilines is 1. The predicted octanol–water partition coefficient (Wildman–Crippen LogP) is 1.21. The Morgan fingerprint density at radius 1 is 1.61 bits per heavy atom. The number of hydrogen-bond acceptors (Lipinski definition) is 4. The van der Waals surface area contributed by atoms with Gasteiger partial charge in [-0.15, -0.1) is 0 Å². The van der Waals surface area contributed by atoms with Crippen LogP contribution in [0.1, 0.15) is 29.6 Å². The van der Waals surface area contributed by atoms with Gasteiger partial charge in [0.1, 0.15) is 5.15 Å². The first-order chi connectivity index (χ1) is 8.56. The number of aliphatic hydroxyl groups is 1. The molecule has 2 rings (SSSR count). The van der Waals surface area contributed by atoms with Crippen LogP contribution in [0.5, 0.6) is 0 Å². The summed E-state index contributed by atoms with van der Waals surface area (Å²) in [6.45, 7) is 0.713. The van der Waals surface area contributed by atoms with Crippen molar-refractivity contribution in [3.8, 4) is 0 Å². The Morgan fingerprint density at radius 2 is 2.33 bits per heavy atom. The highest BCUT2D eigenvalue weighted by atomic mass is 35.5. The van der Waals surface area contributed by atoms with Gasteiger partial charge in [-0.1, -0.05) is 11.6 Å². The Labute approximate surface area is 110 Å². The molecule has 0 aliphatic heterocycles. The number of carbonyl (C=O) groups excluding carboxylic acids is 1. The van der Waals surface area contributed by atoms with Crippen LogP contribution in [0.2, 0.25) is 5.15 Å². The first kappa shape index (κ1) is 13.1. The molecule has 1 fully saturated rings. The molecule has 98 valence electrons. The lowest BCUT2D eigenvalue weighted by molar-refractivity contribution is 0.0941. The highest BCUT2D eigenvalue weighted by Gasteiger charge is 2.41. The molecule has 1 heterocycles. The van der Waals surface area contributed by atoms with E-state index in [0.717, 1.165) is 19.3 Å². The molecule has 0 saturated heterocycles. The number of aromatic nitrogens is 1. The molecule has 4 N–H and O–H groups in total. The van der Waals surface area contributed by atoms with Gasteiger partial charge >= 0.3 is 0 Å². The quantitative estimate of drug-likeness (QED) is 0.701. The number of nitrogen functional groups attached to an aromatic ring is 1. The third-order valence-corrected chi connectivity index (χ3v) is 3.58. The number of carbonyl (C=O) groups is 1. The van der Waals surface area contributed by atoms with E-state index in [1.54, 1.807) is 0 Å². The smallest absolute Gasteiger partial charge is 0.253 e. The van der Waals surface area contributed by atoms with E-state index in [-0.39, 0.29) is 23.1 Å². The van der Waals surface area contributed by atoms with E-state index in [2.05, 4.69) is 10.3 Å². The van der Waals surface area contributed by atoms with Gasteiger partial charge in [-0.25, -0.2) is 4.98 Å². The lowest BCUT2D eigenvalue weighted by Crippen LogP contribution is -2.31. The third-order valence-electron chi connectivity index (χ3n) is 3.37. The van der Waals surface area contributed by atoms with Crippen LogP contribution in [0.25, 0.3) is 0 Å². The summed E-state index contributed by atoms with van der Waals surface area (Å²) < 4.78 is 0. The van der Waals surface area contributed by atoms with Crippen LogP contribution in [-0.4, -0.2) is 29.1 Å². The molecule has 1 aromatic rings. The first-order valence-electron chi connectivity index (χ1n) is 5.86. The van der Waals surface area contributed by atoms with E-state index in [1.165, 1.54) is 12.3 Å². The number of pyridine rings is 1. The van der Waals surface area contributed by atoms with E-state index < -0.39 is 0 Å². The summed E-state index contributed by atoms with van der Waals surface area (Å²) >= 11 is 5.73. The average Bonchev–Trinajstić information content (AvgIpc) is 3.10.